The summed E-state index contributed by atoms with van der Waals surface area (Å²) in [6, 6.07) is 17.3. The maximum Gasteiger partial charge on any atom is 0.417 e. The monoisotopic (exact) mass is 583 g/mol. The second kappa shape index (κ2) is 11.3. The van der Waals surface area contributed by atoms with Crippen LogP contribution >= 0.6 is 11.3 Å². The number of amides is 1. The minimum absolute atomic E-state index is 0.0684. The van der Waals surface area contributed by atoms with Crippen LogP contribution in [0.1, 0.15) is 27.0 Å². The van der Waals surface area contributed by atoms with Gasteiger partial charge in [-0.15, -0.1) is 0 Å². The number of nitrogens with one attached hydrogen (secondary N) is 1. The zero-order valence-electron chi connectivity index (χ0n) is 22.1. The molecule has 1 amide bonds. The first-order chi connectivity index (χ1) is 19.5. The number of thiazole rings is 1. The van der Waals surface area contributed by atoms with Crippen LogP contribution in [0, 0.1) is 12.7 Å². The number of fused-ring (bicyclic) bond motifs is 1. The van der Waals surface area contributed by atoms with Gasteiger partial charge in [-0.2, -0.15) is 13.2 Å². The lowest BCUT2D eigenvalue weighted by molar-refractivity contribution is -0.137. The molecule has 5 rings (SSSR count). The molecule has 0 aliphatic carbocycles. The summed E-state index contributed by atoms with van der Waals surface area (Å²) in [5.74, 6) is -1.30. The highest BCUT2D eigenvalue weighted by atomic mass is 32.1. The lowest BCUT2D eigenvalue weighted by atomic mass is 10.00. The highest BCUT2D eigenvalue weighted by Crippen LogP contribution is 2.39. The van der Waals surface area contributed by atoms with E-state index in [1.165, 1.54) is 42.1 Å². The van der Waals surface area contributed by atoms with Crippen LogP contribution in [0.15, 0.2) is 77.7 Å². The molecule has 5 aromatic rings. The summed E-state index contributed by atoms with van der Waals surface area (Å²) in [7, 11) is 1.46. The van der Waals surface area contributed by atoms with Crippen LogP contribution in [0.5, 0.6) is 0 Å². The number of carbonyl (C=O) groups excluding carboxylic acids is 1. The molecule has 0 fully saturated rings. The van der Waals surface area contributed by atoms with Crippen molar-refractivity contribution >= 4 is 33.1 Å². The quantitative estimate of drug-likeness (QED) is 0.158. The van der Waals surface area contributed by atoms with Crippen LogP contribution in [0.4, 0.5) is 23.2 Å². The van der Waals surface area contributed by atoms with E-state index in [4.69, 9.17) is 4.74 Å². The topological polar surface area (TPSA) is 65.3 Å². The minimum Gasteiger partial charge on any atom is -0.375 e. The van der Waals surface area contributed by atoms with Gasteiger partial charge in [0.05, 0.1) is 40.3 Å². The van der Waals surface area contributed by atoms with Crippen LogP contribution in [-0.4, -0.2) is 21.6 Å². The first-order valence-electron chi connectivity index (χ1n) is 12.6. The number of hydrogen-bond donors (Lipinski definition) is 1. The number of halogens is 4. The van der Waals surface area contributed by atoms with Crippen molar-refractivity contribution in [2.45, 2.75) is 26.3 Å². The third kappa shape index (κ3) is 5.82. The molecule has 0 saturated heterocycles. The Labute approximate surface area is 236 Å². The molecule has 0 atom stereocenters. The number of hydrogen-bond acceptors (Lipinski definition) is 4. The van der Waals surface area contributed by atoms with Gasteiger partial charge in [0.1, 0.15) is 5.82 Å². The van der Waals surface area contributed by atoms with Crippen LogP contribution in [0.2, 0.25) is 0 Å². The van der Waals surface area contributed by atoms with Gasteiger partial charge < -0.3 is 14.6 Å². The second-order valence-corrected chi connectivity index (χ2v) is 10.5. The fourth-order valence-corrected chi connectivity index (χ4v) is 5.72. The average molecular weight is 584 g/mol. The van der Waals surface area contributed by atoms with Gasteiger partial charge in [-0.25, -0.2) is 4.39 Å². The Bertz CT molecular complexity index is 1790. The molecule has 0 spiro atoms. The van der Waals surface area contributed by atoms with Crippen molar-refractivity contribution in [3.8, 4) is 11.3 Å². The number of benzene rings is 3. The highest BCUT2D eigenvalue weighted by Gasteiger charge is 2.35. The maximum absolute atomic E-state index is 14.8. The van der Waals surface area contributed by atoms with Crippen molar-refractivity contribution in [2.24, 2.45) is 7.05 Å². The van der Waals surface area contributed by atoms with Crippen LogP contribution in [0.25, 0.3) is 21.5 Å². The Kier molecular flexibility index (Phi) is 7.83. The zero-order chi connectivity index (χ0) is 29.3. The lowest BCUT2D eigenvalue weighted by Gasteiger charge is -2.16. The van der Waals surface area contributed by atoms with Crippen molar-refractivity contribution in [3.63, 3.8) is 0 Å². The lowest BCUT2D eigenvalue weighted by Crippen LogP contribution is -2.13. The molecule has 0 bridgehead atoms. The Morgan fingerprint density at radius 2 is 1.76 bits per heavy atom. The first kappa shape index (κ1) is 28.3. The van der Waals surface area contributed by atoms with Gasteiger partial charge in [0.15, 0.2) is 0 Å². The van der Waals surface area contributed by atoms with Crippen molar-refractivity contribution in [1.82, 2.24) is 9.13 Å². The molecule has 1 N–H and O–H groups in total. The van der Waals surface area contributed by atoms with Crippen molar-refractivity contribution in [2.75, 3.05) is 11.9 Å². The molecule has 0 aliphatic rings. The van der Waals surface area contributed by atoms with Gasteiger partial charge in [-0.05, 0) is 36.2 Å². The number of alkyl halides is 3. The molecule has 2 heterocycles. The van der Waals surface area contributed by atoms with Crippen LogP contribution < -0.4 is 10.2 Å². The molecule has 212 valence electrons. The molecule has 41 heavy (non-hydrogen) atoms. The molecule has 3 aromatic carbocycles. The van der Waals surface area contributed by atoms with Crippen LogP contribution in [0.3, 0.4) is 0 Å². The largest absolute Gasteiger partial charge is 0.417 e. The van der Waals surface area contributed by atoms with E-state index in [1.54, 1.807) is 11.5 Å². The number of rotatable bonds is 8. The number of aromatic nitrogens is 2. The van der Waals surface area contributed by atoms with Gasteiger partial charge in [0.2, 0.25) is 0 Å². The molecule has 6 nitrogen and oxygen atoms in total. The predicted octanol–water partition coefficient (Wildman–Crippen LogP) is 7.00. The number of anilines is 1. The predicted molar refractivity (Wildman–Crippen MR) is 151 cm³/mol. The zero-order valence-corrected chi connectivity index (χ0v) is 22.9. The second-order valence-electron chi connectivity index (χ2n) is 9.48. The van der Waals surface area contributed by atoms with Crippen molar-refractivity contribution in [3.05, 3.63) is 111 Å². The van der Waals surface area contributed by atoms with Gasteiger partial charge in [-0.1, -0.05) is 59.9 Å². The van der Waals surface area contributed by atoms with E-state index in [9.17, 15) is 27.2 Å². The number of ether oxygens (including phenoxy) is 1. The molecule has 11 heteroatoms. The fourth-order valence-electron chi connectivity index (χ4n) is 4.79. The highest BCUT2D eigenvalue weighted by molar-refractivity contribution is 7.16. The van der Waals surface area contributed by atoms with Crippen molar-refractivity contribution < 1.29 is 27.1 Å². The summed E-state index contributed by atoms with van der Waals surface area (Å²) < 4.78 is 65.6. The molecular weight excluding hydrogens is 558 g/mol. The standard InChI is InChI=1S/C30H25F4N3O3S/c1-18-22(28(38)35-20-14-24(31)27-25(15-20)41-29(39)36(27)2)16-37(12-13-40-17-19-8-4-3-5-9-19)26(18)21-10-6-7-11-23(21)30(32,33)34/h3-11,14-16H,12-13,17H2,1-2H3,(H,35,38). The SMILES string of the molecule is Cc1c(C(=O)Nc2cc(F)c3c(c2)sc(=O)n3C)cn(CCOCc2ccccc2)c1-c1ccccc1C(F)(F)F. The summed E-state index contributed by atoms with van der Waals surface area (Å²) in [4.78, 5) is 25.0. The van der Waals surface area contributed by atoms with E-state index in [0.29, 0.717) is 16.9 Å². The summed E-state index contributed by atoms with van der Waals surface area (Å²) in [6.07, 6.45) is -3.14. The van der Waals surface area contributed by atoms with E-state index in [0.717, 1.165) is 29.0 Å². The average Bonchev–Trinajstić information content (AvgIpc) is 3.41. The summed E-state index contributed by atoms with van der Waals surface area (Å²) in [6.45, 7) is 2.26. The maximum atomic E-state index is 14.8. The number of nitrogens with zero attached hydrogens (tertiary/aromatic N) is 2. The summed E-state index contributed by atoms with van der Waals surface area (Å²) in [5.41, 5.74) is 0.988. The third-order valence-corrected chi connectivity index (χ3v) is 7.72. The molecule has 0 radical (unpaired) electrons. The fraction of sp³-hybridized carbons (Fsp3) is 0.200. The van der Waals surface area contributed by atoms with Crippen LogP contribution in [-0.2, 0) is 31.1 Å². The van der Waals surface area contributed by atoms with E-state index in [-0.39, 0.29) is 46.0 Å². The van der Waals surface area contributed by atoms with Gasteiger partial charge in [0, 0.05) is 31.0 Å². The van der Waals surface area contributed by atoms with E-state index in [2.05, 4.69) is 5.32 Å². The smallest absolute Gasteiger partial charge is 0.375 e. The Morgan fingerprint density at radius 1 is 1.05 bits per heavy atom. The number of carbonyl (C=O) groups is 1. The Hall–Kier alpha value is -4.22. The molecule has 0 unspecified atom stereocenters. The normalized spacial score (nSPS) is 11.8. The minimum atomic E-state index is -4.62. The summed E-state index contributed by atoms with van der Waals surface area (Å²) >= 11 is 0.842. The Balaban J connectivity index is 1.48. The molecule has 0 aliphatic heterocycles. The van der Waals surface area contributed by atoms with E-state index < -0.39 is 23.5 Å². The molecule has 0 saturated carbocycles. The van der Waals surface area contributed by atoms with Gasteiger partial charge in [-0.3, -0.25) is 14.2 Å². The van der Waals surface area contributed by atoms with Gasteiger partial charge >= 0.3 is 11.0 Å². The van der Waals surface area contributed by atoms with Gasteiger partial charge in [0.25, 0.3) is 5.91 Å². The van der Waals surface area contributed by atoms with Crippen molar-refractivity contribution in [1.29, 1.82) is 0 Å². The number of aryl methyl sites for hydroxylation is 1. The molecule has 2 aromatic heterocycles. The first-order valence-corrected chi connectivity index (χ1v) is 13.4. The Morgan fingerprint density at radius 3 is 2.49 bits per heavy atom. The summed E-state index contributed by atoms with van der Waals surface area (Å²) in [5, 5.41) is 2.64. The molecular formula is C30H25F4N3O3S. The van der Waals surface area contributed by atoms with E-state index >= 15 is 0 Å². The van der Waals surface area contributed by atoms with E-state index in [1.807, 2.05) is 30.3 Å². The third-order valence-electron chi connectivity index (χ3n) is 6.74.